The van der Waals surface area contributed by atoms with Gasteiger partial charge in [0.2, 0.25) is 0 Å². The molecule has 1 aromatic rings. The highest BCUT2D eigenvalue weighted by Crippen LogP contribution is 1.90. The second-order valence-corrected chi connectivity index (χ2v) is 1.45. The molecule has 1 aromatic heterocycles. The van der Waals surface area contributed by atoms with Gasteiger partial charge < -0.3 is 9.72 Å². The number of carbonyl (C=O) groups excluding carboxylic acids is 1. The third-order valence-corrected chi connectivity index (χ3v) is 0.841. The molecule has 1 N–H and O–H groups in total. The van der Waals surface area contributed by atoms with Gasteiger partial charge in [-0.05, 0) is 0 Å². The number of imidazole rings is 1. The number of aromatic amines is 1. The van der Waals surface area contributed by atoms with Crippen LogP contribution in [0.4, 0.5) is 0 Å². The van der Waals surface area contributed by atoms with Crippen molar-refractivity contribution in [2.75, 3.05) is 0 Å². The average molecular weight is 125 g/mol. The first kappa shape index (κ1) is 5.81. The molecular formula is C5H5N2O2. The lowest BCUT2D eigenvalue weighted by Crippen LogP contribution is -1.88. The van der Waals surface area contributed by atoms with Crippen LogP contribution in [0.25, 0.3) is 0 Å². The molecule has 1 rings (SSSR count). The maximum Gasteiger partial charge on any atom is 0.417 e. The molecule has 0 amide bonds. The van der Waals surface area contributed by atoms with Crippen LogP contribution in [-0.4, -0.2) is 16.4 Å². The Labute approximate surface area is 51.9 Å². The zero-order chi connectivity index (χ0) is 6.53. The molecule has 4 heteroatoms. The van der Waals surface area contributed by atoms with Crippen molar-refractivity contribution in [2.45, 2.75) is 6.61 Å². The molecule has 0 saturated heterocycles. The van der Waals surface area contributed by atoms with Crippen molar-refractivity contribution < 1.29 is 9.53 Å². The summed E-state index contributed by atoms with van der Waals surface area (Å²) in [7, 11) is 0. The summed E-state index contributed by atoms with van der Waals surface area (Å²) in [6, 6.07) is 0. The zero-order valence-corrected chi connectivity index (χ0v) is 4.63. The minimum absolute atomic E-state index is 0.212. The van der Waals surface area contributed by atoms with E-state index in [1.807, 2.05) is 0 Å². The molecule has 0 atom stereocenters. The van der Waals surface area contributed by atoms with Gasteiger partial charge in [-0.1, -0.05) is 0 Å². The Kier molecular flexibility index (Phi) is 1.85. The van der Waals surface area contributed by atoms with Gasteiger partial charge in [-0.3, -0.25) is 0 Å². The van der Waals surface area contributed by atoms with Gasteiger partial charge in [0, 0.05) is 0 Å². The maximum atomic E-state index is 9.52. The first-order valence-corrected chi connectivity index (χ1v) is 2.39. The van der Waals surface area contributed by atoms with Gasteiger partial charge in [0.05, 0.1) is 18.2 Å². The molecule has 0 saturated carbocycles. The summed E-state index contributed by atoms with van der Waals surface area (Å²) < 4.78 is 4.30. The van der Waals surface area contributed by atoms with Crippen molar-refractivity contribution >= 4 is 6.47 Å². The van der Waals surface area contributed by atoms with Gasteiger partial charge in [-0.2, -0.15) is 0 Å². The van der Waals surface area contributed by atoms with Crippen LogP contribution in [0.1, 0.15) is 5.69 Å². The molecule has 0 fully saturated rings. The van der Waals surface area contributed by atoms with Crippen LogP contribution in [-0.2, 0) is 16.1 Å². The third-order valence-electron chi connectivity index (χ3n) is 0.841. The first-order valence-electron chi connectivity index (χ1n) is 2.39. The molecule has 0 aromatic carbocycles. The molecule has 0 aliphatic rings. The number of hydrogen-bond donors (Lipinski definition) is 1. The van der Waals surface area contributed by atoms with E-state index in [4.69, 9.17) is 0 Å². The number of nitrogens with one attached hydrogen (secondary N) is 1. The summed E-state index contributed by atoms with van der Waals surface area (Å²) in [5.41, 5.74) is 0.762. The van der Waals surface area contributed by atoms with E-state index in [1.54, 1.807) is 6.20 Å². The normalized spacial score (nSPS) is 8.89. The van der Waals surface area contributed by atoms with E-state index in [0.29, 0.717) is 0 Å². The van der Waals surface area contributed by atoms with E-state index < -0.39 is 0 Å². The van der Waals surface area contributed by atoms with E-state index in [1.165, 1.54) is 12.8 Å². The Bertz CT molecular complexity index is 171. The number of H-pyrrole nitrogens is 1. The predicted octanol–water partition coefficient (Wildman–Crippen LogP) is -0.00650. The lowest BCUT2D eigenvalue weighted by Gasteiger charge is -1.89. The highest BCUT2D eigenvalue weighted by Gasteiger charge is 1.90. The van der Waals surface area contributed by atoms with Crippen LogP contribution in [0.15, 0.2) is 12.5 Å². The molecule has 0 aliphatic heterocycles. The van der Waals surface area contributed by atoms with Gasteiger partial charge in [0.25, 0.3) is 0 Å². The van der Waals surface area contributed by atoms with Crippen LogP contribution >= 0.6 is 0 Å². The average Bonchev–Trinajstić information content (AvgIpc) is 2.34. The van der Waals surface area contributed by atoms with Crippen LogP contribution < -0.4 is 0 Å². The molecule has 9 heavy (non-hydrogen) atoms. The highest BCUT2D eigenvalue weighted by atomic mass is 16.5. The summed E-state index contributed by atoms with van der Waals surface area (Å²) >= 11 is 0. The molecular weight excluding hydrogens is 120 g/mol. The second-order valence-electron chi connectivity index (χ2n) is 1.45. The molecule has 0 bridgehead atoms. The molecule has 4 nitrogen and oxygen atoms in total. The van der Waals surface area contributed by atoms with Gasteiger partial charge in [0.1, 0.15) is 6.61 Å². The van der Waals surface area contributed by atoms with E-state index in [0.717, 1.165) is 5.69 Å². The van der Waals surface area contributed by atoms with E-state index >= 15 is 0 Å². The van der Waals surface area contributed by atoms with E-state index in [2.05, 4.69) is 14.7 Å². The number of ether oxygens (including phenoxy) is 1. The number of aromatic nitrogens is 2. The fourth-order valence-corrected chi connectivity index (χ4v) is 0.471. The number of nitrogens with zero attached hydrogens (tertiary/aromatic N) is 1. The van der Waals surface area contributed by atoms with Crippen LogP contribution in [0, 0.1) is 0 Å². The summed E-state index contributed by atoms with van der Waals surface area (Å²) in [5, 5.41) is 0. The molecule has 0 unspecified atom stereocenters. The number of rotatable bonds is 3. The monoisotopic (exact) mass is 125 g/mol. The minimum Gasteiger partial charge on any atom is -0.451 e. The lowest BCUT2D eigenvalue weighted by molar-refractivity contribution is 0.263. The largest absolute Gasteiger partial charge is 0.451 e. The van der Waals surface area contributed by atoms with Crippen LogP contribution in [0.5, 0.6) is 0 Å². The van der Waals surface area contributed by atoms with Gasteiger partial charge in [0.15, 0.2) is 0 Å². The summed E-state index contributed by atoms with van der Waals surface area (Å²) in [4.78, 5) is 16.0. The quantitative estimate of drug-likeness (QED) is 0.618. The van der Waals surface area contributed by atoms with Crippen molar-refractivity contribution in [3.63, 3.8) is 0 Å². The van der Waals surface area contributed by atoms with Gasteiger partial charge in [-0.25, -0.2) is 9.78 Å². The summed E-state index contributed by atoms with van der Waals surface area (Å²) in [6.45, 7) is 1.52. The maximum absolute atomic E-state index is 9.52. The first-order chi connectivity index (χ1) is 4.43. The highest BCUT2D eigenvalue weighted by molar-refractivity contribution is 5.38. The zero-order valence-electron chi connectivity index (χ0n) is 4.63. The second kappa shape index (κ2) is 2.86. The third kappa shape index (κ3) is 1.56. The Hall–Kier alpha value is -1.32. The van der Waals surface area contributed by atoms with Gasteiger partial charge >= 0.3 is 6.47 Å². The Morgan fingerprint density at radius 3 is 3.33 bits per heavy atom. The Morgan fingerprint density at radius 2 is 2.78 bits per heavy atom. The molecule has 0 aliphatic carbocycles. The molecule has 1 heterocycles. The van der Waals surface area contributed by atoms with Crippen LogP contribution in [0.2, 0.25) is 0 Å². The lowest BCUT2D eigenvalue weighted by atomic mass is 10.5. The standard InChI is InChI=1S/C5H5N2O2/c8-4-9-2-5-1-6-3-7-5/h1,3H,2H2,(H,6,7). The number of hydrogen-bond acceptors (Lipinski definition) is 3. The minimum atomic E-state index is 0.212. The van der Waals surface area contributed by atoms with E-state index in [9.17, 15) is 4.79 Å². The van der Waals surface area contributed by atoms with Gasteiger partial charge in [-0.15, -0.1) is 0 Å². The fourth-order valence-electron chi connectivity index (χ4n) is 0.471. The predicted molar refractivity (Wildman–Crippen MR) is 29.1 cm³/mol. The van der Waals surface area contributed by atoms with Crippen molar-refractivity contribution in [1.29, 1.82) is 0 Å². The fraction of sp³-hybridized carbons (Fsp3) is 0.200. The van der Waals surface area contributed by atoms with Crippen molar-refractivity contribution in [2.24, 2.45) is 0 Å². The summed E-state index contributed by atoms with van der Waals surface area (Å²) in [6.07, 6.45) is 3.10. The van der Waals surface area contributed by atoms with Crippen molar-refractivity contribution in [3.8, 4) is 0 Å². The Morgan fingerprint density at radius 1 is 1.89 bits per heavy atom. The SMILES string of the molecule is O=[C]OCc1cnc[nH]1. The topological polar surface area (TPSA) is 55.0 Å². The van der Waals surface area contributed by atoms with Crippen LogP contribution in [0.3, 0.4) is 0 Å². The van der Waals surface area contributed by atoms with E-state index in [-0.39, 0.29) is 6.61 Å². The molecule has 47 valence electrons. The molecule has 0 spiro atoms. The smallest absolute Gasteiger partial charge is 0.417 e. The van der Waals surface area contributed by atoms with Crippen molar-refractivity contribution in [3.05, 3.63) is 18.2 Å². The Balaban J connectivity index is 2.38. The molecule has 1 radical (unpaired) electrons. The van der Waals surface area contributed by atoms with Crippen molar-refractivity contribution in [1.82, 2.24) is 9.97 Å². The summed E-state index contributed by atoms with van der Waals surface area (Å²) in [5.74, 6) is 0.